The molecular weight excluding hydrogens is 373 g/mol. The van der Waals surface area contributed by atoms with E-state index in [9.17, 15) is 9.59 Å². The number of hydrogen-bond donors (Lipinski definition) is 0. The van der Waals surface area contributed by atoms with Crippen LogP contribution in [0.25, 0.3) is 0 Å². The molecular formula is C18H21NO4Se. The van der Waals surface area contributed by atoms with E-state index in [-0.39, 0.29) is 5.41 Å². The number of nitrogens with zero attached hydrogens (tertiary/aromatic N) is 1. The van der Waals surface area contributed by atoms with Gasteiger partial charge in [-0.1, -0.05) is 0 Å². The number of esters is 2. The molecule has 5 nitrogen and oxygen atoms in total. The van der Waals surface area contributed by atoms with Crippen LogP contribution in [-0.2, 0) is 19.1 Å². The van der Waals surface area contributed by atoms with Gasteiger partial charge in [-0.05, 0) is 0 Å². The van der Waals surface area contributed by atoms with Gasteiger partial charge in [-0.15, -0.1) is 0 Å². The van der Waals surface area contributed by atoms with E-state index in [2.05, 4.69) is 0 Å². The Kier molecular flexibility index (Phi) is 5.62. The third kappa shape index (κ3) is 3.77. The van der Waals surface area contributed by atoms with Gasteiger partial charge >= 0.3 is 148 Å². The van der Waals surface area contributed by atoms with E-state index in [1.807, 2.05) is 51.1 Å². The Morgan fingerprint density at radius 2 is 1.62 bits per heavy atom. The SMILES string of the molecule is COC(=O)C1=C(C(=O)OC)C(C(C)(C)C)N=C(c2ccccc2)[Se]1. The number of carbonyl (C=O) groups is 2. The molecule has 0 aliphatic carbocycles. The summed E-state index contributed by atoms with van der Waals surface area (Å²) < 4.78 is 11.0. The van der Waals surface area contributed by atoms with Crippen LogP contribution in [0.3, 0.4) is 0 Å². The van der Waals surface area contributed by atoms with Crippen molar-refractivity contribution in [3.05, 3.63) is 45.9 Å². The second kappa shape index (κ2) is 7.32. The maximum atomic E-state index is 12.4. The number of rotatable bonds is 3. The Bertz CT molecular complexity index is 701. The molecule has 1 aromatic carbocycles. The van der Waals surface area contributed by atoms with Crippen LogP contribution in [0.4, 0.5) is 0 Å². The van der Waals surface area contributed by atoms with Gasteiger partial charge in [-0.25, -0.2) is 0 Å². The molecule has 2 rings (SSSR count). The first-order valence-electron chi connectivity index (χ1n) is 7.51. The minimum absolute atomic E-state index is 0.316. The second-order valence-electron chi connectivity index (χ2n) is 6.40. The number of benzene rings is 1. The van der Waals surface area contributed by atoms with Crippen LogP contribution in [0.2, 0.25) is 0 Å². The summed E-state index contributed by atoms with van der Waals surface area (Å²) in [6.07, 6.45) is 0. The van der Waals surface area contributed by atoms with Crippen molar-refractivity contribution in [2.75, 3.05) is 14.2 Å². The standard InChI is InChI=1S/C18H21NO4Se/c1-18(2,3)14-12(16(20)22-4)13(17(21)23-5)24-15(19-14)11-9-7-6-8-10-11/h6-10,14H,1-5H3. The zero-order valence-corrected chi connectivity index (χ0v) is 16.2. The van der Waals surface area contributed by atoms with Gasteiger partial charge in [0.05, 0.1) is 0 Å². The Morgan fingerprint density at radius 3 is 2.12 bits per heavy atom. The summed E-state index contributed by atoms with van der Waals surface area (Å²) in [5.41, 5.74) is 0.924. The van der Waals surface area contributed by atoms with E-state index in [1.54, 1.807) is 0 Å². The molecule has 1 aliphatic heterocycles. The molecule has 24 heavy (non-hydrogen) atoms. The van der Waals surface area contributed by atoms with Crippen molar-refractivity contribution in [1.82, 2.24) is 0 Å². The number of aliphatic imine (C=N–C) groups is 1. The zero-order valence-electron chi connectivity index (χ0n) is 14.5. The Morgan fingerprint density at radius 1 is 1.04 bits per heavy atom. The van der Waals surface area contributed by atoms with E-state index in [4.69, 9.17) is 14.5 Å². The number of hydrogen-bond acceptors (Lipinski definition) is 5. The van der Waals surface area contributed by atoms with Crippen molar-refractivity contribution in [3.8, 4) is 0 Å². The van der Waals surface area contributed by atoms with Gasteiger partial charge in [-0.3, -0.25) is 0 Å². The molecule has 0 spiro atoms. The molecule has 0 bridgehead atoms. The van der Waals surface area contributed by atoms with Gasteiger partial charge in [-0.2, -0.15) is 0 Å². The van der Waals surface area contributed by atoms with Crippen LogP contribution in [0.5, 0.6) is 0 Å². The van der Waals surface area contributed by atoms with Gasteiger partial charge in [0, 0.05) is 0 Å². The van der Waals surface area contributed by atoms with Crippen molar-refractivity contribution in [2.45, 2.75) is 26.8 Å². The number of carbonyl (C=O) groups excluding carboxylic acids is 2. The van der Waals surface area contributed by atoms with Crippen LogP contribution in [0, 0.1) is 5.41 Å². The quantitative estimate of drug-likeness (QED) is 0.582. The van der Waals surface area contributed by atoms with Crippen molar-refractivity contribution >= 4 is 31.5 Å². The van der Waals surface area contributed by atoms with Gasteiger partial charge in [0.2, 0.25) is 0 Å². The van der Waals surface area contributed by atoms with E-state index in [0.29, 0.717) is 10.0 Å². The summed E-state index contributed by atoms with van der Waals surface area (Å²) in [6, 6.07) is 9.23. The second-order valence-corrected chi connectivity index (χ2v) is 8.49. The summed E-state index contributed by atoms with van der Waals surface area (Å²) >= 11 is -0.431. The topological polar surface area (TPSA) is 65.0 Å². The third-order valence-corrected chi connectivity index (χ3v) is 5.94. The van der Waals surface area contributed by atoms with Gasteiger partial charge in [0.15, 0.2) is 0 Å². The van der Waals surface area contributed by atoms with Crippen LogP contribution in [0.15, 0.2) is 45.4 Å². The number of ether oxygens (including phenoxy) is 2. The molecule has 6 heteroatoms. The first kappa shape index (κ1) is 18.4. The molecule has 1 atom stereocenters. The summed E-state index contributed by atoms with van der Waals surface area (Å²) in [4.78, 5) is 29.5. The summed E-state index contributed by atoms with van der Waals surface area (Å²) in [7, 11) is 2.63. The molecule has 0 saturated carbocycles. The van der Waals surface area contributed by atoms with Crippen LogP contribution in [0.1, 0.15) is 26.3 Å². The zero-order chi connectivity index (χ0) is 17.9. The van der Waals surface area contributed by atoms with Crippen molar-refractivity contribution < 1.29 is 19.1 Å². The molecule has 0 N–H and O–H groups in total. The Labute approximate surface area is 148 Å². The van der Waals surface area contributed by atoms with Crippen LogP contribution in [-0.4, -0.2) is 51.8 Å². The third-order valence-electron chi connectivity index (χ3n) is 3.58. The first-order chi connectivity index (χ1) is 11.3. The van der Waals surface area contributed by atoms with E-state index >= 15 is 0 Å². The predicted molar refractivity (Wildman–Crippen MR) is 93.0 cm³/mol. The Hall–Kier alpha value is -1.91. The monoisotopic (exact) mass is 395 g/mol. The fourth-order valence-corrected chi connectivity index (χ4v) is 4.64. The molecule has 0 aromatic heterocycles. The molecule has 0 radical (unpaired) electrons. The van der Waals surface area contributed by atoms with Gasteiger partial charge in [0.25, 0.3) is 0 Å². The van der Waals surface area contributed by atoms with E-state index in [0.717, 1.165) is 10.2 Å². The summed E-state index contributed by atoms with van der Waals surface area (Å²) in [5.74, 6) is -1.01. The van der Waals surface area contributed by atoms with Crippen molar-refractivity contribution in [2.24, 2.45) is 10.4 Å². The molecule has 1 unspecified atom stereocenters. The molecule has 0 amide bonds. The van der Waals surface area contributed by atoms with Crippen molar-refractivity contribution in [3.63, 3.8) is 0 Å². The number of methoxy groups -OCH3 is 2. The van der Waals surface area contributed by atoms with Crippen molar-refractivity contribution in [1.29, 1.82) is 0 Å². The van der Waals surface area contributed by atoms with Gasteiger partial charge in [0.1, 0.15) is 0 Å². The van der Waals surface area contributed by atoms with Gasteiger partial charge < -0.3 is 0 Å². The van der Waals surface area contributed by atoms with E-state index < -0.39 is 32.9 Å². The average Bonchev–Trinajstić information content (AvgIpc) is 2.59. The molecule has 1 aliphatic rings. The normalized spacial score (nSPS) is 18.0. The Balaban J connectivity index is 2.62. The summed E-state index contributed by atoms with van der Waals surface area (Å²) in [5, 5.41) is 0. The molecule has 0 fully saturated rings. The summed E-state index contributed by atoms with van der Waals surface area (Å²) in [6.45, 7) is 5.96. The minimum atomic E-state index is -0.520. The molecule has 0 saturated heterocycles. The molecule has 128 valence electrons. The molecule has 1 aromatic rings. The first-order valence-corrected chi connectivity index (χ1v) is 9.22. The van der Waals surface area contributed by atoms with E-state index in [1.165, 1.54) is 14.2 Å². The fraction of sp³-hybridized carbons (Fsp3) is 0.389. The fourth-order valence-electron chi connectivity index (χ4n) is 2.38. The van der Waals surface area contributed by atoms with Crippen LogP contribution < -0.4 is 0 Å². The predicted octanol–water partition coefficient (Wildman–Crippen LogP) is 2.17. The average molecular weight is 394 g/mol. The maximum absolute atomic E-state index is 12.4. The van der Waals surface area contributed by atoms with Crippen LogP contribution >= 0.6 is 0 Å². The molecule has 1 heterocycles.